The number of hydrogen-bond acceptors (Lipinski definition) is 12. The summed E-state index contributed by atoms with van der Waals surface area (Å²) in [4.78, 5) is 32.7. The molecule has 144 valence electrons. The Balaban J connectivity index is 0.00000196. The van der Waals surface area contributed by atoms with Gasteiger partial charge in [-0.25, -0.2) is 19.3 Å². The van der Waals surface area contributed by atoms with E-state index in [2.05, 4.69) is 19.5 Å². The molecule has 0 radical (unpaired) electrons. The molecular weight excluding hydrogens is 473 g/mol. The van der Waals surface area contributed by atoms with Crippen molar-refractivity contribution in [3.63, 3.8) is 0 Å². The van der Waals surface area contributed by atoms with Gasteiger partial charge in [0.15, 0.2) is 16.9 Å². The third-order valence-electron chi connectivity index (χ3n) is 3.61. The maximum atomic E-state index is 11.6. The van der Waals surface area contributed by atoms with E-state index in [0.717, 1.165) is 6.33 Å². The minimum Gasteiger partial charge on any atom is -0.790 e. The first kappa shape index (κ1) is 27.8. The van der Waals surface area contributed by atoms with Crippen LogP contribution in [0.4, 0.5) is 5.95 Å². The Kier molecular flexibility index (Phi) is 10.9. The number of aliphatic hydroxyl groups is 2. The molecular formula is C10H13K2N6O8PS. The number of fused-ring (bicyclic) bond motifs is 1. The summed E-state index contributed by atoms with van der Waals surface area (Å²) >= 11 is 0. The Labute approximate surface area is 245 Å². The molecule has 18 heteroatoms. The minimum atomic E-state index is -5.28. The van der Waals surface area contributed by atoms with Crippen molar-refractivity contribution < 1.29 is 141 Å². The van der Waals surface area contributed by atoms with E-state index in [4.69, 9.17) is 15.6 Å². The van der Waals surface area contributed by atoms with Crippen LogP contribution in [0.3, 0.4) is 0 Å². The summed E-state index contributed by atoms with van der Waals surface area (Å²) < 4.78 is 32.7. The first-order chi connectivity index (χ1) is 12.1. The number of hydrogen-bond donors (Lipinski definition) is 4. The van der Waals surface area contributed by atoms with Crippen LogP contribution in [-0.4, -0.2) is 58.9 Å². The number of nitrogens with zero attached hydrogens (tertiary/aromatic N) is 4. The molecule has 1 fully saturated rings. The fraction of sp³-hybridized carbons (Fsp3) is 0.500. The van der Waals surface area contributed by atoms with E-state index in [1.807, 2.05) is 0 Å². The Morgan fingerprint density at radius 2 is 1.96 bits per heavy atom. The first-order valence-electron chi connectivity index (χ1n) is 6.93. The molecule has 2 aromatic heterocycles. The van der Waals surface area contributed by atoms with Crippen LogP contribution in [0.1, 0.15) is 6.23 Å². The Morgan fingerprint density at radius 3 is 2.54 bits per heavy atom. The van der Waals surface area contributed by atoms with Crippen LogP contribution in [-0.2, 0) is 24.8 Å². The standard InChI is InChI=1S/C10H15N6O8PS.2K/c11-10-14-7-4(8(15-10)26(12)22)13-2-16(7)9-6(18)5(17)3(24-9)1-23-25(19,20)21;;/h2-3,5-6,9,17-18H,1,12H2,(H2,11,14,15)(H2,19,20,21);;/q;2*+1/p-2/t3-,5-,6-,9-,26?;;/m1../s1. The van der Waals surface area contributed by atoms with E-state index < -0.39 is 50.0 Å². The van der Waals surface area contributed by atoms with Gasteiger partial charge in [-0.05, 0) is 0 Å². The van der Waals surface area contributed by atoms with E-state index >= 15 is 0 Å². The summed E-state index contributed by atoms with van der Waals surface area (Å²) in [7, 11) is -7.30. The molecule has 0 bridgehead atoms. The van der Waals surface area contributed by atoms with Gasteiger partial charge in [-0.1, -0.05) is 0 Å². The van der Waals surface area contributed by atoms with Crippen molar-refractivity contribution in [2.45, 2.75) is 29.6 Å². The van der Waals surface area contributed by atoms with Crippen LogP contribution in [0.5, 0.6) is 0 Å². The normalized spacial score (nSPS) is 25.9. The van der Waals surface area contributed by atoms with Crippen molar-refractivity contribution in [2.75, 3.05) is 12.3 Å². The summed E-state index contributed by atoms with van der Waals surface area (Å²) in [6, 6.07) is 0. The Bertz CT molecular complexity index is 913. The van der Waals surface area contributed by atoms with Crippen LogP contribution in [0, 0.1) is 0 Å². The number of aromatic nitrogens is 4. The van der Waals surface area contributed by atoms with Crippen molar-refractivity contribution in [2.24, 2.45) is 5.14 Å². The number of phosphoric ester groups is 1. The van der Waals surface area contributed by atoms with Crippen LogP contribution in [0.2, 0.25) is 0 Å². The van der Waals surface area contributed by atoms with Gasteiger partial charge in [0.25, 0.3) is 0 Å². The molecule has 0 aliphatic carbocycles. The number of nitrogens with two attached hydrogens (primary N) is 2. The van der Waals surface area contributed by atoms with Crippen molar-refractivity contribution >= 4 is 35.9 Å². The van der Waals surface area contributed by atoms with E-state index in [1.165, 1.54) is 4.57 Å². The maximum Gasteiger partial charge on any atom is 1.00 e. The number of anilines is 1. The molecule has 2 aromatic rings. The fourth-order valence-electron chi connectivity index (χ4n) is 2.49. The number of ether oxygens (including phenoxy) is 1. The topological polar surface area (TPSA) is 235 Å². The number of imidazole rings is 1. The van der Waals surface area contributed by atoms with Gasteiger partial charge >= 0.3 is 103 Å². The average Bonchev–Trinajstić information content (AvgIpc) is 3.06. The Morgan fingerprint density at radius 1 is 1.32 bits per heavy atom. The summed E-state index contributed by atoms with van der Waals surface area (Å²) in [5, 5.41) is 25.3. The largest absolute Gasteiger partial charge is 1.00 e. The van der Waals surface area contributed by atoms with Crippen molar-refractivity contribution in [3.05, 3.63) is 6.33 Å². The molecule has 1 saturated heterocycles. The maximum absolute atomic E-state index is 11.6. The molecule has 0 amide bonds. The van der Waals surface area contributed by atoms with Crippen molar-refractivity contribution in [1.82, 2.24) is 19.5 Å². The summed E-state index contributed by atoms with van der Waals surface area (Å²) in [6.07, 6.45) is -4.53. The van der Waals surface area contributed by atoms with Crippen LogP contribution in [0.25, 0.3) is 11.2 Å². The molecule has 3 rings (SSSR count). The third-order valence-corrected chi connectivity index (χ3v) is 4.74. The monoisotopic (exact) mass is 486 g/mol. The zero-order valence-corrected chi connectivity index (χ0v) is 22.7. The zero-order chi connectivity index (χ0) is 19.2. The van der Waals surface area contributed by atoms with Gasteiger partial charge in [0.2, 0.25) is 5.95 Å². The zero-order valence-electron chi connectivity index (χ0n) is 14.7. The second kappa shape index (κ2) is 11.0. The van der Waals surface area contributed by atoms with Gasteiger partial charge in [-0.3, -0.25) is 4.57 Å². The van der Waals surface area contributed by atoms with Crippen LogP contribution < -0.4 is 123 Å². The summed E-state index contributed by atoms with van der Waals surface area (Å²) in [5.41, 5.74) is 5.60. The smallest absolute Gasteiger partial charge is 0.790 e. The third kappa shape index (κ3) is 6.15. The van der Waals surface area contributed by atoms with Gasteiger partial charge in [0.1, 0.15) is 34.8 Å². The molecule has 5 atom stereocenters. The van der Waals surface area contributed by atoms with Gasteiger partial charge in [-0.15, -0.1) is 0 Å². The Hall–Kier alpha value is 1.72. The predicted molar refractivity (Wildman–Crippen MR) is 79.8 cm³/mol. The second-order valence-electron chi connectivity index (χ2n) is 5.30. The van der Waals surface area contributed by atoms with Crippen molar-refractivity contribution in [1.29, 1.82) is 0 Å². The number of aliphatic hydroxyl groups excluding tert-OH is 2. The minimum absolute atomic E-state index is 0. The fourth-order valence-corrected chi connectivity index (χ4v) is 3.34. The number of nitrogen functional groups attached to an aromatic ring is 1. The first-order valence-corrected chi connectivity index (χ1v) is 9.60. The van der Waals surface area contributed by atoms with Gasteiger partial charge in [0, 0.05) is 0 Å². The van der Waals surface area contributed by atoms with E-state index in [-0.39, 0.29) is 125 Å². The molecule has 1 aliphatic heterocycles. The van der Waals surface area contributed by atoms with Gasteiger partial charge in [0.05, 0.1) is 20.8 Å². The quantitative estimate of drug-likeness (QED) is 0.175. The van der Waals surface area contributed by atoms with Gasteiger partial charge < -0.3 is 39.6 Å². The molecule has 0 spiro atoms. The molecule has 28 heavy (non-hydrogen) atoms. The average molecular weight is 486 g/mol. The number of phosphoric acid groups is 1. The summed E-state index contributed by atoms with van der Waals surface area (Å²) in [6.45, 7) is -0.791. The van der Waals surface area contributed by atoms with Gasteiger partial charge in [-0.2, -0.15) is 4.98 Å². The molecule has 0 saturated carbocycles. The van der Waals surface area contributed by atoms with E-state index in [9.17, 15) is 28.8 Å². The molecule has 6 N–H and O–H groups in total. The van der Waals surface area contributed by atoms with Crippen LogP contribution in [0.15, 0.2) is 11.4 Å². The van der Waals surface area contributed by atoms with E-state index in [0.29, 0.717) is 0 Å². The van der Waals surface area contributed by atoms with Crippen molar-refractivity contribution in [3.8, 4) is 0 Å². The van der Waals surface area contributed by atoms with Crippen LogP contribution >= 0.6 is 7.82 Å². The molecule has 1 aliphatic rings. The predicted octanol–water partition coefficient (Wildman–Crippen LogP) is -10.1. The molecule has 14 nitrogen and oxygen atoms in total. The second-order valence-corrected chi connectivity index (χ2v) is 7.43. The molecule has 0 aromatic carbocycles. The SMILES string of the molecule is Nc1nc(S(N)=O)c2ncn([C@@H]3O[C@H](COP(=O)([O-])[O-])[C@@H](O)[C@H]3O)c2n1.[K+].[K+]. The molecule has 3 heterocycles. The number of rotatable bonds is 5. The summed E-state index contributed by atoms with van der Waals surface area (Å²) in [5.74, 6) is -0.264. The molecule has 1 unspecified atom stereocenters. The van der Waals surface area contributed by atoms with E-state index in [1.54, 1.807) is 0 Å².